The number of benzene rings is 1. The smallest absolute Gasteiger partial charge is 0.318 e. The zero-order valence-electron chi connectivity index (χ0n) is 22.5. The number of para-hydroxylation sites is 1. The molecule has 2 fully saturated rings. The number of rotatable bonds is 7. The molecule has 4 aliphatic heterocycles. The van der Waals surface area contributed by atoms with E-state index < -0.39 is 0 Å². The van der Waals surface area contributed by atoms with E-state index in [0.717, 1.165) is 35.8 Å². The third-order valence-corrected chi connectivity index (χ3v) is 8.52. The Bertz CT molecular complexity index is 1290. The fourth-order valence-electron chi connectivity index (χ4n) is 6.33. The van der Waals surface area contributed by atoms with E-state index in [1.165, 1.54) is 18.1 Å². The Kier molecular flexibility index (Phi) is 7.11. The first kappa shape index (κ1) is 25.6. The molecule has 0 bridgehead atoms. The highest BCUT2D eigenvalue weighted by atomic mass is 16.5. The van der Waals surface area contributed by atoms with Crippen LogP contribution in [0.25, 0.3) is 0 Å². The van der Waals surface area contributed by atoms with Crippen molar-refractivity contribution in [3.05, 3.63) is 53.7 Å². The van der Waals surface area contributed by atoms with Gasteiger partial charge in [0.2, 0.25) is 5.91 Å². The standard InChI is InChI=1S/C29H35N7O3/c1-3-27(37)36-14-13-34(15-20(36)10-11-30)28-23-16-35(25-19-38-26-9-5-4-8-22(25)26)17-24(23)31-29(32-28)39-18-21-7-6-12-33(21)2/h3-5,8-9,20-21,25H,1,6-7,10,12-19H2,2H3/t20-,21-,25?/m0/s1. The number of likely N-dealkylation sites (tertiary alicyclic amines) is 1. The summed E-state index contributed by atoms with van der Waals surface area (Å²) in [5.41, 5.74) is 3.26. The van der Waals surface area contributed by atoms with Gasteiger partial charge in [-0.2, -0.15) is 15.2 Å². The van der Waals surface area contributed by atoms with Crippen LogP contribution >= 0.6 is 0 Å². The van der Waals surface area contributed by atoms with Crippen molar-refractivity contribution in [3.63, 3.8) is 0 Å². The third-order valence-electron chi connectivity index (χ3n) is 8.52. The summed E-state index contributed by atoms with van der Waals surface area (Å²) in [6.45, 7) is 8.93. The molecular formula is C29H35N7O3. The molecule has 1 aromatic heterocycles. The first-order chi connectivity index (χ1) is 19.1. The molecule has 39 heavy (non-hydrogen) atoms. The number of piperazine rings is 1. The molecule has 4 aliphatic rings. The first-order valence-corrected chi connectivity index (χ1v) is 13.8. The van der Waals surface area contributed by atoms with E-state index in [2.05, 4.69) is 46.5 Å². The number of aromatic nitrogens is 2. The summed E-state index contributed by atoms with van der Waals surface area (Å²) in [4.78, 5) is 31.0. The monoisotopic (exact) mass is 529 g/mol. The van der Waals surface area contributed by atoms with Crippen LogP contribution in [0.4, 0.5) is 5.82 Å². The second-order valence-electron chi connectivity index (χ2n) is 10.8. The quantitative estimate of drug-likeness (QED) is 0.501. The van der Waals surface area contributed by atoms with Gasteiger partial charge in [0.05, 0.1) is 30.3 Å². The minimum atomic E-state index is -0.232. The summed E-state index contributed by atoms with van der Waals surface area (Å²) >= 11 is 0. The largest absolute Gasteiger partial charge is 0.491 e. The zero-order valence-corrected chi connectivity index (χ0v) is 22.5. The van der Waals surface area contributed by atoms with Gasteiger partial charge in [0.1, 0.15) is 24.8 Å². The maximum Gasteiger partial charge on any atom is 0.318 e. The molecule has 10 nitrogen and oxygen atoms in total. The van der Waals surface area contributed by atoms with Gasteiger partial charge >= 0.3 is 6.01 Å². The molecule has 6 rings (SSSR count). The van der Waals surface area contributed by atoms with Crippen LogP contribution in [-0.2, 0) is 17.9 Å². The maximum absolute atomic E-state index is 12.5. The van der Waals surface area contributed by atoms with Gasteiger partial charge in [0.25, 0.3) is 0 Å². The van der Waals surface area contributed by atoms with Crippen LogP contribution in [0.5, 0.6) is 11.8 Å². The molecule has 0 aliphatic carbocycles. The topological polar surface area (TPSA) is 98.1 Å². The molecule has 1 amide bonds. The summed E-state index contributed by atoms with van der Waals surface area (Å²) in [6, 6.07) is 11.1. The number of hydrogen-bond acceptors (Lipinski definition) is 9. The Morgan fingerprint density at radius 2 is 2.10 bits per heavy atom. The highest BCUT2D eigenvalue weighted by molar-refractivity contribution is 5.87. The molecule has 0 spiro atoms. The van der Waals surface area contributed by atoms with Crippen molar-refractivity contribution in [1.82, 2.24) is 24.7 Å². The second kappa shape index (κ2) is 10.8. The second-order valence-corrected chi connectivity index (χ2v) is 10.8. The molecule has 2 aromatic rings. The number of carbonyl (C=O) groups is 1. The lowest BCUT2D eigenvalue weighted by Gasteiger charge is -2.41. The van der Waals surface area contributed by atoms with E-state index in [-0.39, 0.29) is 24.4 Å². The van der Waals surface area contributed by atoms with Crippen LogP contribution in [0.1, 0.15) is 42.1 Å². The molecular weight excluding hydrogens is 494 g/mol. The summed E-state index contributed by atoms with van der Waals surface area (Å²) < 4.78 is 12.2. The highest BCUT2D eigenvalue weighted by Crippen LogP contribution is 2.41. The van der Waals surface area contributed by atoms with E-state index in [9.17, 15) is 10.1 Å². The van der Waals surface area contributed by atoms with Gasteiger partial charge in [0, 0.05) is 49.9 Å². The van der Waals surface area contributed by atoms with Crippen molar-refractivity contribution in [1.29, 1.82) is 5.26 Å². The predicted molar refractivity (Wildman–Crippen MR) is 145 cm³/mol. The fraction of sp³-hybridized carbons (Fsp3) is 0.517. The molecule has 5 heterocycles. The number of ether oxygens (including phenoxy) is 2. The molecule has 10 heteroatoms. The molecule has 1 unspecified atom stereocenters. The van der Waals surface area contributed by atoms with Crippen LogP contribution in [-0.4, -0.2) is 89.1 Å². The lowest BCUT2D eigenvalue weighted by molar-refractivity contribution is -0.128. The Morgan fingerprint density at radius 3 is 2.90 bits per heavy atom. The number of carbonyl (C=O) groups excluding carboxylic acids is 1. The SMILES string of the molecule is C=CC(=O)N1CCN(c2nc(OC[C@@H]3CCCN3C)nc3c2CN(C2COc4ccccc42)C3)C[C@@H]1CC#N. The number of fused-ring (bicyclic) bond motifs is 2. The number of likely N-dealkylation sites (N-methyl/N-ethyl adjacent to an activating group) is 1. The minimum absolute atomic E-state index is 0.140. The zero-order chi connectivity index (χ0) is 26.9. The Hall–Kier alpha value is -3.68. The van der Waals surface area contributed by atoms with E-state index in [1.807, 2.05) is 12.1 Å². The van der Waals surface area contributed by atoms with Crippen LogP contribution in [0, 0.1) is 11.3 Å². The van der Waals surface area contributed by atoms with E-state index in [4.69, 9.17) is 19.4 Å². The lowest BCUT2D eigenvalue weighted by atomic mass is 10.1. The van der Waals surface area contributed by atoms with Crippen molar-refractivity contribution < 1.29 is 14.3 Å². The number of nitrogens with zero attached hydrogens (tertiary/aromatic N) is 7. The molecule has 2 saturated heterocycles. The summed E-state index contributed by atoms with van der Waals surface area (Å²) in [7, 11) is 2.13. The van der Waals surface area contributed by atoms with Crippen LogP contribution < -0.4 is 14.4 Å². The molecule has 1 aromatic carbocycles. The van der Waals surface area contributed by atoms with Gasteiger partial charge in [-0.3, -0.25) is 9.69 Å². The molecule has 0 saturated carbocycles. The van der Waals surface area contributed by atoms with E-state index in [1.54, 1.807) is 4.90 Å². The lowest BCUT2D eigenvalue weighted by Crippen LogP contribution is -2.55. The Balaban J connectivity index is 1.29. The van der Waals surface area contributed by atoms with Crippen molar-refractivity contribution >= 4 is 11.7 Å². The summed E-state index contributed by atoms with van der Waals surface area (Å²) in [6.07, 6.45) is 3.86. The predicted octanol–water partition coefficient (Wildman–Crippen LogP) is 2.52. The molecule has 0 N–H and O–H groups in total. The minimum Gasteiger partial charge on any atom is -0.491 e. The van der Waals surface area contributed by atoms with E-state index in [0.29, 0.717) is 58.0 Å². The van der Waals surface area contributed by atoms with Crippen molar-refractivity contribution in [3.8, 4) is 17.8 Å². The van der Waals surface area contributed by atoms with E-state index >= 15 is 0 Å². The number of hydrogen-bond donors (Lipinski definition) is 0. The van der Waals surface area contributed by atoms with Crippen LogP contribution in [0.15, 0.2) is 36.9 Å². The number of amides is 1. The molecule has 204 valence electrons. The van der Waals surface area contributed by atoms with Crippen molar-refractivity contribution in [2.75, 3.05) is 51.3 Å². The average molecular weight is 530 g/mol. The summed E-state index contributed by atoms with van der Waals surface area (Å²) in [5.74, 6) is 1.65. The van der Waals surface area contributed by atoms with Gasteiger partial charge in [-0.25, -0.2) is 0 Å². The third kappa shape index (κ3) is 4.92. The van der Waals surface area contributed by atoms with Crippen molar-refractivity contribution in [2.45, 2.75) is 50.5 Å². The van der Waals surface area contributed by atoms with Crippen LogP contribution in [0.3, 0.4) is 0 Å². The van der Waals surface area contributed by atoms with Crippen LogP contribution in [0.2, 0.25) is 0 Å². The number of anilines is 1. The van der Waals surface area contributed by atoms with Gasteiger partial charge in [-0.1, -0.05) is 24.8 Å². The van der Waals surface area contributed by atoms with Crippen molar-refractivity contribution in [2.24, 2.45) is 0 Å². The number of nitriles is 1. The highest BCUT2D eigenvalue weighted by Gasteiger charge is 2.38. The first-order valence-electron chi connectivity index (χ1n) is 13.8. The molecule has 0 radical (unpaired) electrons. The maximum atomic E-state index is 12.5. The Morgan fingerprint density at radius 1 is 1.23 bits per heavy atom. The summed E-state index contributed by atoms with van der Waals surface area (Å²) in [5, 5.41) is 9.48. The Labute approximate surface area is 229 Å². The normalized spacial score (nSPS) is 24.7. The average Bonchev–Trinajstić information content (AvgIpc) is 3.69. The van der Waals surface area contributed by atoms with Gasteiger partial charge in [-0.05, 0) is 38.6 Å². The van der Waals surface area contributed by atoms with Gasteiger partial charge in [0.15, 0.2) is 0 Å². The van der Waals surface area contributed by atoms with Gasteiger partial charge < -0.3 is 24.2 Å². The van der Waals surface area contributed by atoms with Gasteiger partial charge in [-0.15, -0.1) is 0 Å². The fourth-order valence-corrected chi connectivity index (χ4v) is 6.33. The molecule has 3 atom stereocenters.